The summed E-state index contributed by atoms with van der Waals surface area (Å²) in [5, 5.41) is 4.75. The van der Waals surface area contributed by atoms with E-state index in [-0.39, 0.29) is 0 Å². The largest absolute Gasteiger partial charge is 0.313 e. The van der Waals surface area contributed by atoms with Gasteiger partial charge in [0.15, 0.2) is 0 Å². The highest BCUT2D eigenvalue weighted by Gasteiger charge is 2.33. The molecule has 1 nitrogen and oxygen atoms in total. The lowest BCUT2D eigenvalue weighted by molar-refractivity contribution is 0.203. The molecule has 0 amide bonds. The van der Waals surface area contributed by atoms with Crippen LogP contribution in [-0.2, 0) is 0 Å². The Labute approximate surface area is 118 Å². The van der Waals surface area contributed by atoms with E-state index >= 15 is 0 Å². The second-order valence-corrected chi connectivity index (χ2v) is 7.54. The molecule has 1 N–H and O–H groups in total. The molecular weight excluding hydrogens is 238 g/mol. The van der Waals surface area contributed by atoms with Gasteiger partial charge in [-0.1, -0.05) is 39.5 Å². The van der Waals surface area contributed by atoms with Gasteiger partial charge in [-0.15, -0.1) is 0 Å². The van der Waals surface area contributed by atoms with Gasteiger partial charge < -0.3 is 5.32 Å². The van der Waals surface area contributed by atoms with Gasteiger partial charge >= 0.3 is 0 Å². The number of rotatable bonds is 5. The molecule has 4 unspecified atom stereocenters. The predicted octanol–water partition coefficient (Wildman–Crippen LogP) is 4.47. The molecule has 4 atom stereocenters. The average Bonchev–Trinajstić information content (AvgIpc) is 2.46. The third-order valence-corrected chi connectivity index (χ3v) is 6.45. The quantitative estimate of drug-likeness (QED) is 0.790. The molecule has 2 fully saturated rings. The van der Waals surface area contributed by atoms with Crippen molar-refractivity contribution in [3.05, 3.63) is 0 Å². The summed E-state index contributed by atoms with van der Waals surface area (Å²) in [6.07, 6.45) is 11.7. The first-order valence-electron chi connectivity index (χ1n) is 8.20. The summed E-state index contributed by atoms with van der Waals surface area (Å²) < 4.78 is 0. The molecule has 2 aliphatic rings. The van der Waals surface area contributed by atoms with Crippen molar-refractivity contribution in [2.75, 3.05) is 12.3 Å². The zero-order valence-electron chi connectivity index (χ0n) is 12.3. The van der Waals surface area contributed by atoms with Crippen LogP contribution in [0.4, 0.5) is 0 Å². The fourth-order valence-corrected chi connectivity index (χ4v) is 5.45. The van der Waals surface area contributed by atoms with Crippen molar-refractivity contribution in [3.8, 4) is 0 Å². The van der Waals surface area contributed by atoms with Gasteiger partial charge in [0.2, 0.25) is 0 Å². The minimum Gasteiger partial charge on any atom is -0.313 e. The number of nitrogens with one attached hydrogen (secondary N) is 1. The van der Waals surface area contributed by atoms with E-state index in [0.717, 1.165) is 29.7 Å². The lowest BCUT2D eigenvalue weighted by atomic mass is 9.75. The number of hydrogen-bond donors (Lipinski definition) is 1. The van der Waals surface area contributed by atoms with Crippen molar-refractivity contribution in [3.63, 3.8) is 0 Å². The summed E-state index contributed by atoms with van der Waals surface area (Å²) in [4.78, 5) is 0. The zero-order valence-corrected chi connectivity index (χ0v) is 13.1. The van der Waals surface area contributed by atoms with E-state index in [9.17, 15) is 0 Å². The van der Waals surface area contributed by atoms with E-state index in [1.165, 1.54) is 57.1 Å². The van der Waals surface area contributed by atoms with E-state index in [1.807, 2.05) is 0 Å². The maximum absolute atomic E-state index is 3.85. The molecular formula is C16H31NS. The van der Waals surface area contributed by atoms with Crippen LogP contribution in [0.15, 0.2) is 0 Å². The predicted molar refractivity (Wildman–Crippen MR) is 83.3 cm³/mol. The molecule has 0 radical (unpaired) electrons. The fourth-order valence-electron chi connectivity index (χ4n) is 3.92. The Morgan fingerprint density at radius 3 is 2.67 bits per heavy atom. The standard InChI is InChI=1S/C16H31NS/c1-3-13-8-7-9-14(12-13)16(17-4-2)15-10-5-6-11-18-15/h13-17H,3-12H2,1-2H3. The Hall–Kier alpha value is 0.310. The molecule has 1 heterocycles. The van der Waals surface area contributed by atoms with E-state index in [2.05, 4.69) is 30.9 Å². The summed E-state index contributed by atoms with van der Waals surface area (Å²) in [5.41, 5.74) is 0. The van der Waals surface area contributed by atoms with Crippen LogP contribution in [0.25, 0.3) is 0 Å². The SMILES string of the molecule is CCNC(C1CCCC(CC)C1)C1CCCCS1. The van der Waals surface area contributed by atoms with Crippen LogP contribution in [0.2, 0.25) is 0 Å². The van der Waals surface area contributed by atoms with Gasteiger partial charge in [-0.2, -0.15) is 11.8 Å². The van der Waals surface area contributed by atoms with Gasteiger partial charge in [0.1, 0.15) is 0 Å². The third-order valence-electron chi connectivity index (χ3n) is 4.96. The molecule has 2 heteroatoms. The fraction of sp³-hybridized carbons (Fsp3) is 1.00. The summed E-state index contributed by atoms with van der Waals surface area (Å²) in [6.45, 7) is 5.81. The third kappa shape index (κ3) is 3.90. The lowest BCUT2D eigenvalue weighted by Gasteiger charge is -2.40. The number of thioether (sulfide) groups is 1. The smallest absolute Gasteiger partial charge is 0.0214 e. The van der Waals surface area contributed by atoms with E-state index in [1.54, 1.807) is 0 Å². The van der Waals surface area contributed by atoms with Gasteiger partial charge in [0.25, 0.3) is 0 Å². The van der Waals surface area contributed by atoms with Crippen molar-refractivity contribution in [1.29, 1.82) is 0 Å². The average molecular weight is 269 g/mol. The molecule has 1 saturated heterocycles. The highest BCUT2D eigenvalue weighted by atomic mass is 32.2. The Kier molecular flexibility index (Phi) is 6.37. The maximum atomic E-state index is 3.85. The van der Waals surface area contributed by atoms with Gasteiger partial charge in [-0.25, -0.2) is 0 Å². The molecule has 0 aromatic rings. The normalized spacial score (nSPS) is 35.3. The molecule has 1 aliphatic heterocycles. The van der Waals surface area contributed by atoms with Crippen molar-refractivity contribution >= 4 is 11.8 Å². The van der Waals surface area contributed by atoms with E-state index in [4.69, 9.17) is 0 Å². The van der Waals surface area contributed by atoms with Gasteiger partial charge in [-0.05, 0) is 49.8 Å². The second kappa shape index (κ2) is 7.79. The molecule has 2 rings (SSSR count). The molecule has 0 aromatic heterocycles. The summed E-state index contributed by atoms with van der Waals surface area (Å²) in [5.74, 6) is 3.37. The van der Waals surface area contributed by atoms with Crippen LogP contribution in [-0.4, -0.2) is 23.6 Å². The summed E-state index contributed by atoms with van der Waals surface area (Å²) in [6, 6.07) is 0.801. The lowest BCUT2D eigenvalue weighted by Crippen LogP contribution is -2.46. The van der Waals surface area contributed by atoms with Gasteiger partial charge in [-0.3, -0.25) is 0 Å². The molecule has 106 valence electrons. The minimum atomic E-state index is 0.801. The first kappa shape index (κ1) is 14.7. The Balaban J connectivity index is 1.94. The number of hydrogen-bond acceptors (Lipinski definition) is 2. The summed E-state index contributed by atoms with van der Waals surface area (Å²) >= 11 is 2.25. The molecule has 0 spiro atoms. The van der Waals surface area contributed by atoms with Gasteiger partial charge in [0.05, 0.1) is 0 Å². The van der Waals surface area contributed by atoms with E-state index < -0.39 is 0 Å². The first-order chi connectivity index (χ1) is 8.85. The topological polar surface area (TPSA) is 12.0 Å². The van der Waals surface area contributed by atoms with Crippen LogP contribution in [0.1, 0.15) is 65.2 Å². The van der Waals surface area contributed by atoms with Crippen molar-refractivity contribution < 1.29 is 0 Å². The summed E-state index contributed by atoms with van der Waals surface area (Å²) in [7, 11) is 0. The zero-order chi connectivity index (χ0) is 12.8. The van der Waals surface area contributed by atoms with E-state index in [0.29, 0.717) is 0 Å². The first-order valence-corrected chi connectivity index (χ1v) is 9.25. The highest BCUT2D eigenvalue weighted by Crippen LogP contribution is 2.38. The minimum absolute atomic E-state index is 0.801. The second-order valence-electron chi connectivity index (χ2n) is 6.19. The molecule has 1 aliphatic carbocycles. The van der Waals surface area contributed by atoms with Crippen LogP contribution < -0.4 is 5.32 Å². The van der Waals surface area contributed by atoms with Gasteiger partial charge in [0, 0.05) is 11.3 Å². The monoisotopic (exact) mass is 269 g/mol. The highest BCUT2D eigenvalue weighted by molar-refractivity contribution is 8.00. The Bertz CT molecular complexity index is 225. The van der Waals surface area contributed by atoms with Crippen LogP contribution in [0.3, 0.4) is 0 Å². The van der Waals surface area contributed by atoms with Crippen molar-refractivity contribution in [2.45, 2.75) is 76.5 Å². The van der Waals surface area contributed by atoms with Crippen molar-refractivity contribution in [2.24, 2.45) is 11.8 Å². The molecule has 0 bridgehead atoms. The molecule has 18 heavy (non-hydrogen) atoms. The molecule has 1 saturated carbocycles. The van der Waals surface area contributed by atoms with Crippen molar-refractivity contribution in [1.82, 2.24) is 5.32 Å². The Morgan fingerprint density at radius 2 is 2.00 bits per heavy atom. The van der Waals surface area contributed by atoms with Crippen LogP contribution in [0.5, 0.6) is 0 Å². The van der Waals surface area contributed by atoms with Crippen LogP contribution >= 0.6 is 11.8 Å². The maximum Gasteiger partial charge on any atom is 0.0214 e. The Morgan fingerprint density at radius 1 is 1.11 bits per heavy atom. The molecule has 0 aromatic carbocycles. The van der Waals surface area contributed by atoms with Crippen LogP contribution in [0, 0.1) is 11.8 Å².